The van der Waals surface area contributed by atoms with Crippen molar-refractivity contribution in [3.05, 3.63) is 27.9 Å². The van der Waals surface area contributed by atoms with Gasteiger partial charge in [0.2, 0.25) is 0 Å². The van der Waals surface area contributed by atoms with E-state index < -0.39 is 0 Å². The molecule has 0 aliphatic rings. The van der Waals surface area contributed by atoms with Crippen LogP contribution in [0.2, 0.25) is 5.02 Å². The first kappa shape index (κ1) is 14.6. The van der Waals surface area contributed by atoms with Gasteiger partial charge in [0.1, 0.15) is 10.8 Å². The van der Waals surface area contributed by atoms with Crippen molar-refractivity contribution in [1.82, 2.24) is 15.2 Å². The van der Waals surface area contributed by atoms with Crippen molar-refractivity contribution < 1.29 is 0 Å². The Morgan fingerprint density at radius 1 is 1.37 bits per heavy atom. The molecule has 4 nitrogen and oxygen atoms in total. The third-order valence-corrected chi connectivity index (χ3v) is 4.64. The van der Waals surface area contributed by atoms with E-state index in [0.29, 0.717) is 10.8 Å². The van der Waals surface area contributed by atoms with Crippen LogP contribution in [0, 0.1) is 6.92 Å². The number of pyridine rings is 1. The lowest BCUT2D eigenvalue weighted by Crippen LogP contribution is -2.03. The highest BCUT2D eigenvalue weighted by atomic mass is 35.5. The van der Waals surface area contributed by atoms with E-state index in [4.69, 9.17) is 11.6 Å². The number of aryl methyl sites for hydroxylation is 1. The van der Waals surface area contributed by atoms with Crippen molar-refractivity contribution in [2.45, 2.75) is 30.4 Å². The Morgan fingerprint density at radius 2 is 2.21 bits per heavy atom. The smallest absolute Gasteiger partial charge is 0.174 e. The number of halogens is 1. The molecule has 1 N–H and O–H groups in total. The predicted octanol–water partition coefficient (Wildman–Crippen LogP) is 4.01. The minimum atomic E-state index is 0.691. The van der Waals surface area contributed by atoms with Crippen molar-refractivity contribution in [1.29, 1.82) is 0 Å². The molecule has 102 valence electrons. The second kappa shape index (κ2) is 7.07. The highest BCUT2D eigenvalue weighted by Crippen LogP contribution is 2.28. The van der Waals surface area contributed by atoms with Gasteiger partial charge in [-0.05, 0) is 25.5 Å². The predicted molar refractivity (Wildman–Crippen MR) is 82.2 cm³/mol. The molecule has 2 heterocycles. The van der Waals surface area contributed by atoms with Gasteiger partial charge in [-0.1, -0.05) is 41.6 Å². The molecule has 0 spiro atoms. The number of aromatic nitrogens is 3. The maximum Gasteiger partial charge on any atom is 0.174 e. The summed E-state index contributed by atoms with van der Waals surface area (Å²) in [4.78, 5) is 4.52. The van der Waals surface area contributed by atoms with Gasteiger partial charge in [0.25, 0.3) is 0 Å². The summed E-state index contributed by atoms with van der Waals surface area (Å²) in [7, 11) is 0. The normalized spacial score (nSPS) is 10.7. The van der Waals surface area contributed by atoms with E-state index in [-0.39, 0.29) is 0 Å². The first-order valence-electron chi connectivity index (χ1n) is 6.01. The molecule has 0 amide bonds. The van der Waals surface area contributed by atoms with E-state index in [2.05, 4.69) is 27.4 Å². The third kappa shape index (κ3) is 4.33. The topological polar surface area (TPSA) is 50.7 Å². The fourth-order valence-corrected chi connectivity index (χ4v) is 3.42. The molecule has 7 heteroatoms. The van der Waals surface area contributed by atoms with Gasteiger partial charge >= 0.3 is 0 Å². The van der Waals surface area contributed by atoms with Crippen LogP contribution in [-0.2, 0) is 5.75 Å². The van der Waals surface area contributed by atoms with Gasteiger partial charge in [0, 0.05) is 12.3 Å². The van der Waals surface area contributed by atoms with Crippen molar-refractivity contribution in [2.24, 2.45) is 0 Å². The highest BCUT2D eigenvalue weighted by Gasteiger charge is 2.07. The summed E-state index contributed by atoms with van der Waals surface area (Å²) in [5.74, 6) is 1.57. The number of nitrogens with zero attached hydrogens (tertiary/aromatic N) is 3. The molecule has 0 aromatic carbocycles. The maximum atomic E-state index is 6.17. The Kier molecular flexibility index (Phi) is 5.42. The number of hydrogen-bond donors (Lipinski definition) is 1. The molecule has 0 aliphatic carbocycles. The standard InChI is InChI=1S/C12H15ClN4S2/c1-3-6-14-11-5-4-9(13)10(15-11)7-18-12-17-16-8(2)19-12/h4-5H,3,6-7H2,1-2H3,(H,14,15). The fourth-order valence-electron chi connectivity index (χ4n) is 1.40. The summed E-state index contributed by atoms with van der Waals surface area (Å²) in [6.45, 7) is 4.98. The van der Waals surface area contributed by atoms with Crippen LogP contribution in [0.4, 0.5) is 5.82 Å². The molecular weight excluding hydrogens is 300 g/mol. The first-order valence-corrected chi connectivity index (χ1v) is 8.19. The Labute approximate surface area is 126 Å². The van der Waals surface area contributed by atoms with Crippen molar-refractivity contribution in [2.75, 3.05) is 11.9 Å². The number of rotatable bonds is 6. The molecule has 0 saturated carbocycles. The molecule has 0 radical (unpaired) electrons. The van der Waals surface area contributed by atoms with Crippen LogP contribution in [0.1, 0.15) is 24.0 Å². The summed E-state index contributed by atoms with van der Waals surface area (Å²) in [6, 6.07) is 3.79. The van der Waals surface area contributed by atoms with Gasteiger partial charge in [0.05, 0.1) is 10.7 Å². The van der Waals surface area contributed by atoms with E-state index in [1.54, 1.807) is 23.1 Å². The molecule has 0 saturated heterocycles. The van der Waals surface area contributed by atoms with E-state index in [0.717, 1.165) is 33.8 Å². The largest absolute Gasteiger partial charge is 0.370 e. The third-order valence-electron chi connectivity index (χ3n) is 2.31. The number of thioether (sulfide) groups is 1. The van der Waals surface area contributed by atoms with Crippen LogP contribution in [-0.4, -0.2) is 21.7 Å². The summed E-state index contributed by atoms with van der Waals surface area (Å²) in [6.07, 6.45) is 1.07. The monoisotopic (exact) mass is 314 g/mol. The Hall–Kier alpha value is -0.850. The molecule has 0 unspecified atom stereocenters. The van der Waals surface area contributed by atoms with Gasteiger partial charge in [-0.25, -0.2) is 4.98 Å². The van der Waals surface area contributed by atoms with Gasteiger partial charge in [-0.2, -0.15) is 0 Å². The van der Waals surface area contributed by atoms with E-state index in [1.807, 2.05) is 19.1 Å². The second-order valence-electron chi connectivity index (χ2n) is 3.93. The van der Waals surface area contributed by atoms with Crippen LogP contribution in [0.25, 0.3) is 0 Å². The van der Waals surface area contributed by atoms with E-state index in [9.17, 15) is 0 Å². The minimum Gasteiger partial charge on any atom is -0.370 e. The molecule has 0 atom stereocenters. The number of nitrogens with one attached hydrogen (secondary N) is 1. The average Bonchev–Trinajstić information content (AvgIpc) is 2.82. The molecule has 19 heavy (non-hydrogen) atoms. The molecule has 2 aromatic rings. The lowest BCUT2D eigenvalue weighted by Gasteiger charge is -2.07. The van der Waals surface area contributed by atoms with Crippen LogP contribution in [0.3, 0.4) is 0 Å². The zero-order valence-electron chi connectivity index (χ0n) is 10.8. The van der Waals surface area contributed by atoms with Gasteiger partial charge in [0.15, 0.2) is 4.34 Å². The van der Waals surface area contributed by atoms with E-state index >= 15 is 0 Å². The Balaban J connectivity index is 2.02. The van der Waals surface area contributed by atoms with Crippen LogP contribution in [0.5, 0.6) is 0 Å². The number of anilines is 1. The molecule has 0 bridgehead atoms. The van der Waals surface area contributed by atoms with Crippen LogP contribution < -0.4 is 5.32 Å². The lowest BCUT2D eigenvalue weighted by atomic mass is 10.3. The van der Waals surface area contributed by atoms with Crippen LogP contribution in [0.15, 0.2) is 16.5 Å². The van der Waals surface area contributed by atoms with Crippen molar-refractivity contribution >= 4 is 40.5 Å². The molecule has 2 rings (SSSR count). The van der Waals surface area contributed by atoms with Gasteiger partial charge < -0.3 is 5.32 Å². The molecular formula is C12H15ClN4S2. The van der Waals surface area contributed by atoms with Gasteiger partial charge in [-0.15, -0.1) is 10.2 Å². The zero-order valence-corrected chi connectivity index (χ0v) is 13.2. The first-order chi connectivity index (χ1) is 9.19. The van der Waals surface area contributed by atoms with Crippen LogP contribution >= 0.6 is 34.7 Å². The van der Waals surface area contributed by atoms with Gasteiger partial charge in [-0.3, -0.25) is 0 Å². The zero-order chi connectivity index (χ0) is 13.7. The fraction of sp³-hybridized carbons (Fsp3) is 0.417. The highest BCUT2D eigenvalue weighted by molar-refractivity contribution is 8.00. The Bertz CT molecular complexity index is 544. The SMILES string of the molecule is CCCNc1ccc(Cl)c(CSc2nnc(C)s2)n1. The summed E-state index contributed by atoms with van der Waals surface area (Å²) in [5, 5.41) is 13.0. The van der Waals surface area contributed by atoms with Crippen molar-refractivity contribution in [3.63, 3.8) is 0 Å². The summed E-state index contributed by atoms with van der Waals surface area (Å²) < 4.78 is 0.947. The second-order valence-corrected chi connectivity index (χ2v) is 6.74. The maximum absolute atomic E-state index is 6.17. The summed E-state index contributed by atoms with van der Waals surface area (Å²) >= 11 is 9.36. The van der Waals surface area contributed by atoms with Crippen molar-refractivity contribution in [3.8, 4) is 0 Å². The number of hydrogen-bond acceptors (Lipinski definition) is 6. The Morgan fingerprint density at radius 3 is 2.89 bits per heavy atom. The van der Waals surface area contributed by atoms with E-state index in [1.165, 1.54) is 0 Å². The minimum absolute atomic E-state index is 0.691. The molecule has 0 aliphatic heterocycles. The molecule has 2 aromatic heterocycles. The average molecular weight is 315 g/mol. The quantitative estimate of drug-likeness (QED) is 0.816. The lowest BCUT2D eigenvalue weighted by molar-refractivity contribution is 0.964. The molecule has 0 fully saturated rings. The summed E-state index contributed by atoms with van der Waals surface area (Å²) in [5.41, 5.74) is 0.876.